The Labute approximate surface area is 112 Å². The number of nitrogens with one attached hydrogen (secondary N) is 1. The number of carboxylic acid groups (broad SMARTS) is 1. The van der Waals surface area contributed by atoms with E-state index in [9.17, 15) is 9.59 Å². The minimum absolute atomic E-state index is 0.0405. The maximum Gasteiger partial charge on any atom is 0.303 e. The standard InChI is InChI=1S/C12H20N4O3/c1-12(2,3)11-13-9(14-15-11)10(19)16(4)7-5-6-8(17)18/h5-7H2,1-4H3,(H,17,18)(H,13,14,15). The third kappa shape index (κ3) is 4.35. The van der Waals surface area contributed by atoms with Crippen molar-refractivity contribution >= 4 is 11.9 Å². The number of aromatic amines is 1. The second kappa shape index (κ2) is 5.81. The van der Waals surface area contributed by atoms with Crippen molar-refractivity contribution in [1.29, 1.82) is 0 Å². The maximum atomic E-state index is 12.0. The van der Waals surface area contributed by atoms with Gasteiger partial charge in [-0.1, -0.05) is 20.8 Å². The van der Waals surface area contributed by atoms with Crippen molar-refractivity contribution in [2.24, 2.45) is 0 Å². The van der Waals surface area contributed by atoms with E-state index in [2.05, 4.69) is 15.2 Å². The Balaban J connectivity index is 2.62. The van der Waals surface area contributed by atoms with Crippen molar-refractivity contribution in [2.75, 3.05) is 13.6 Å². The van der Waals surface area contributed by atoms with Crippen molar-refractivity contribution in [1.82, 2.24) is 20.1 Å². The molecule has 0 radical (unpaired) electrons. The lowest BCUT2D eigenvalue weighted by Crippen LogP contribution is -2.29. The third-order valence-corrected chi connectivity index (χ3v) is 2.62. The number of carboxylic acids is 1. The SMILES string of the molecule is CN(CCCC(=O)O)C(=O)c1n[nH]c(C(C)(C)C)n1. The van der Waals surface area contributed by atoms with Crippen LogP contribution in [0.1, 0.15) is 50.1 Å². The van der Waals surface area contributed by atoms with Gasteiger partial charge in [0.25, 0.3) is 5.91 Å². The molecule has 0 bridgehead atoms. The molecule has 1 aromatic rings. The second-order valence-corrected chi connectivity index (χ2v) is 5.48. The van der Waals surface area contributed by atoms with Crippen LogP contribution in [0.5, 0.6) is 0 Å². The Morgan fingerprint density at radius 1 is 1.37 bits per heavy atom. The Morgan fingerprint density at radius 2 is 2.00 bits per heavy atom. The van der Waals surface area contributed by atoms with Crippen molar-refractivity contribution in [3.8, 4) is 0 Å². The zero-order chi connectivity index (χ0) is 14.6. The van der Waals surface area contributed by atoms with Crippen molar-refractivity contribution in [2.45, 2.75) is 39.0 Å². The topological polar surface area (TPSA) is 99.2 Å². The van der Waals surface area contributed by atoms with Gasteiger partial charge >= 0.3 is 5.97 Å². The Hall–Kier alpha value is -1.92. The van der Waals surface area contributed by atoms with E-state index in [1.807, 2.05) is 20.8 Å². The largest absolute Gasteiger partial charge is 0.481 e. The Kier molecular flexibility index (Phi) is 4.63. The number of H-pyrrole nitrogens is 1. The smallest absolute Gasteiger partial charge is 0.303 e. The second-order valence-electron chi connectivity index (χ2n) is 5.48. The molecule has 0 saturated heterocycles. The summed E-state index contributed by atoms with van der Waals surface area (Å²) >= 11 is 0. The van der Waals surface area contributed by atoms with E-state index in [4.69, 9.17) is 5.11 Å². The lowest BCUT2D eigenvalue weighted by molar-refractivity contribution is -0.137. The molecule has 0 aliphatic heterocycles. The minimum Gasteiger partial charge on any atom is -0.481 e. The molecular formula is C12H20N4O3. The zero-order valence-corrected chi connectivity index (χ0v) is 11.7. The first-order valence-electron chi connectivity index (χ1n) is 6.12. The van der Waals surface area contributed by atoms with E-state index in [-0.39, 0.29) is 23.6 Å². The van der Waals surface area contributed by atoms with Crippen LogP contribution in [0.25, 0.3) is 0 Å². The van der Waals surface area contributed by atoms with Gasteiger partial charge in [-0.05, 0) is 6.42 Å². The minimum atomic E-state index is -0.867. The van der Waals surface area contributed by atoms with Crippen LogP contribution < -0.4 is 0 Å². The predicted molar refractivity (Wildman–Crippen MR) is 68.9 cm³/mol. The highest BCUT2D eigenvalue weighted by atomic mass is 16.4. The van der Waals surface area contributed by atoms with Gasteiger partial charge in [0.05, 0.1) is 0 Å². The molecule has 7 nitrogen and oxygen atoms in total. The van der Waals surface area contributed by atoms with Gasteiger partial charge in [0, 0.05) is 25.4 Å². The third-order valence-electron chi connectivity index (χ3n) is 2.62. The van der Waals surface area contributed by atoms with Crippen LogP contribution in [0.3, 0.4) is 0 Å². The van der Waals surface area contributed by atoms with Crippen molar-refractivity contribution < 1.29 is 14.7 Å². The average molecular weight is 268 g/mol. The number of hydrogen-bond acceptors (Lipinski definition) is 4. The average Bonchev–Trinajstić information content (AvgIpc) is 2.76. The van der Waals surface area contributed by atoms with Gasteiger partial charge in [0.2, 0.25) is 5.82 Å². The maximum absolute atomic E-state index is 12.0. The summed E-state index contributed by atoms with van der Waals surface area (Å²) in [4.78, 5) is 28.0. The van der Waals surface area contributed by atoms with Gasteiger partial charge < -0.3 is 10.0 Å². The monoisotopic (exact) mass is 268 g/mol. The summed E-state index contributed by atoms with van der Waals surface area (Å²) in [5.41, 5.74) is -0.201. The Morgan fingerprint density at radius 3 is 2.47 bits per heavy atom. The molecule has 0 aliphatic rings. The molecule has 0 spiro atoms. The molecule has 1 amide bonds. The highest BCUT2D eigenvalue weighted by Crippen LogP contribution is 2.17. The van der Waals surface area contributed by atoms with Gasteiger partial charge in [0.15, 0.2) is 0 Å². The van der Waals surface area contributed by atoms with Crippen molar-refractivity contribution in [3.63, 3.8) is 0 Å². The molecule has 19 heavy (non-hydrogen) atoms. The van der Waals surface area contributed by atoms with E-state index in [1.54, 1.807) is 7.05 Å². The van der Waals surface area contributed by atoms with Gasteiger partial charge in [0.1, 0.15) is 5.82 Å². The zero-order valence-electron chi connectivity index (χ0n) is 11.7. The lowest BCUT2D eigenvalue weighted by Gasteiger charge is -2.15. The van der Waals surface area contributed by atoms with Gasteiger partial charge in [-0.3, -0.25) is 14.7 Å². The number of rotatable bonds is 5. The highest BCUT2D eigenvalue weighted by Gasteiger charge is 2.22. The van der Waals surface area contributed by atoms with Crippen LogP contribution in [-0.2, 0) is 10.2 Å². The van der Waals surface area contributed by atoms with E-state index >= 15 is 0 Å². The van der Waals surface area contributed by atoms with Crippen molar-refractivity contribution in [3.05, 3.63) is 11.6 Å². The van der Waals surface area contributed by atoms with Gasteiger partial charge in [-0.15, -0.1) is 5.10 Å². The fourth-order valence-electron chi connectivity index (χ4n) is 1.43. The lowest BCUT2D eigenvalue weighted by atomic mass is 9.96. The Bertz CT molecular complexity index is 462. The quantitative estimate of drug-likeness (QED) is 0.831. The number of amides is 1. The number of nitrogens with zero attached hydrogens (tertiary/aromatic N) is 3. The summed E-state index contributed by atoms with van der Waals surface area (Å²) in [7, 11) is 1.61. The van der Waals surface area contributed by atoms with E-state index in [1.165, 1.54) is 4.90 Å². The molecule has 1 heterocycles. The van der Waals surface area contributed by atoms with E-state index in [0.717, 1.165) is 0 Å². The number of carbonyl (C=O) groups is 2. The fraction of sp³-hybridized carbons (Fsp3) is 0.667. The molecular weight excluding hydrogens is 248 g/mol. The van der Waals surface area contributed by atoms with E-state index < -0.39 is 5.97 Å². The molecule has 0 fully saturated rings. The number of aromatic nitrogens is 3. The molecule has 1 aromatic heterocycles. The number of hydrogen-bond donors (Lipinski definition) is 2. The summed E-state index contributed by atoms with van der Waals surface area (Å²) < 4.78 is 0. The van der Waals surface area contributed by atoms with Crippen LogP contribution >= 0.6 is 0 Å². The molecule has 106 valence electrons. The first kappa shape index (κ1) is 15.1. The highest BCUT2D eigenvalue weighted by molar-refractivity contribution is 5.90. The molecule has 2 N–H and O–H groups in total. The number of carbonyl (C=O) groups excluding carboxylic acids is 1. The van der Waals surface area contributed by atoms with Crippen LogP contribution in [0.4, 0.5) is 0 Å². The first-order chi connectivity index (χ1) is 8.71. The molecule has 1 rings (SSSR count). The van der Waals surface area contributed by atoms with Crippen LogP contribution in [0.15, 0.2) is 0 Å². The summed E-state index contributed by atoms with van der Waals surface area (Å²) in [6.07, 6.45) is 0.451. The normalized spacial score (nSPS) is 11.4. The fourth-order valence-corrected chi connectivity index (χ4v) is 1.43. The first-order valence-corrected chi connectivity index (χ1v) is 6.12. The molecule has 0 aromatic carbocycles. The summed E-state index contributed by atoms with van der Waals surface area (Å²) in [5, 5.41) is 15.2. The summed E-state index contributed by atoms with van der Waals surface area (Å²) in [6.45, 7) is 6.28. The van der Waals surface area contributed by atoms with Crippen LogP contribution in [0.2, 0.25) is 0 Å². The number of aliphatic carboxylic acids is 1. The molecule has 0 aliphatic carbocycles. The predicted octanol–water partition coefficient (Wildman–Crippen LogP) is 1.04. The van der Waals surface area contributed by atoms with E-state index in [0.29, 0.717) is 18.8 Å². The molecule has 7 heteroatoms. The summed E-state index contributed by atoms with van der Waals surface area (Å²) in [6, 6.07) is 0. The summed E-state index contributed by atoms with van der Waals surface area (Å²) in [5.74, 6) is -0.413. The van der Waals surface area contributed by atoms with Gasteiger partial charge in [-0.2, -0.15) is 0 Å². The van der Waals surface area contributed by atoms with Gasteiger partial charge in [-0.25, -0.2) is 4.98 Å². The molecule has 0 atom stereocenters. The molecule has 0 saturated carbocycles. The molecule has 0 unspecified atom stereocenters. The van der Waals surface area contributed by atoms with Crippen LogP contribution in [-0.4, -0.2) is 50.7 Å². The van der Waals surface area contributed by atoms with Crippen LogP contribution in [0, 0.1) is 0 Å².